The number of likely N-dealkylation sites (tertiary alicyclic amines) is 1. The molecule has 2 fully saturated rings. The quantitative estimate of drug-likeness (QED) is 0.501. The molecule has 0 saturated carbocycles. The Morgan fingerprint density at radius 1 is 1.48 bits per heavy atom. The highest BCUT2D eigenvalue weighted by atomic mass is 31.2. The Morgan fingerprint density at radius 2 is 2.12 bits per heavy atom. The summed E-state index contributed by atoms with van der Waals surface area (Å²) in [4.78, 5) is 26.1. The van der Waals surface area contributed by atoms with Crippen LogP contribution in [-0.2, 0) is 9.30 Å². The molecule has 25 heavy (non-hydrogen) atoms. The Kier molecular flexibility index (Phi) is 4.78. The van der Waals surface area contributed by atoms with E-state index in [1.807, 2.05) is 0 Å². The van der Waals surface area contributed by atoms with Gasteiger partial charge in [0.2, 0.25) is 5.85 Å². The molecule has 0 amide bonds. The molecule has 1 aromatic rings. The summed E-state index contributed by atoms with van der Waals surface area (Å²) in [5.41, 5.74) is 4.79. The Balaban J connectivity index is 1.81. The lowest BCUT2D eigenvalue weighted by molar-refractivity contribution is -0.784. The first-order valence-corrected chi connectivity index (χ1v) is 9.87. The minimum absolute atomic E-state index is 0.00303. The molecule has 3 rings (SSSR count). The molecule has 3 heterocycles. The zero-order valence-corrected chi connectivity index (χ0v) is 14.8. The topological polar surface area (TPSA) is 148 Å². The van der Waals surface area contributed by atoms with Gasteiger partial charge < -0.3 is 20.7 Å². The zero-order valence-electron chi connectivity index (χ0n) is 13.9. The number of ether oxygens (including phenoxy) is 1. The van der Waals surface area contributed by atoms with Gasteiger partial charge in [0.15, 0.2) is 0 Å². The number of rotatable bonds is 4. The van der Waals surface area contributed by atoms with Crippen LogP contribution in [0, 0.1) is 0 Å². The van der Waals surface area contributed by atoms with Gasteiger partial charge in [-0.15, -0.1) is 0 Å². The Morgan fingerprint density at radius 3 is 2.72 bits per heavy atom. The van der Waals surface area contributed by atoms with Crippen LogP contribution in [0.4, 0.5) is 5.82 Å². The van der Waals surface area contributed by atoms with E-state index in [1.54, 1.807) is 7.05 Å². The van der Waals surface area contributed by atoms with E-state index in [1.165, 1.54) is 12.3 Å². The maximum absolute atomic E-state index is 12.9. The first-order valence-electron chi connectivity index (χ1n) is 8.19. The molecule has 140 valence electrons. The highest BCUT2D eigenvalue weighted by Gasteiger charge is 2.56. The molecule has 0 radical (unpaired) electrons. The van der Waals surface area contributed by atoms with E-state index in [2.05, 4.69) is 4.98 Å². The van der Waals surface area contributed by atoms with Crippen molar-refractivity contribution in [3.05, 3.63) is 22.7 Å². The van der Waals surface area contributed by atoms with Crippen LogP contribution in [0.5, 0.6) is 0 Å². The number of nitrogens with two attached hydrogens (primary N) is 1. The number of nitrogens with zero attached hydrogens (tertiary/aromatic N) is 3. The molecule has 11 heteroatoms. The van der Waals surface area contributed by atoms with Crippen molar-refractivity contribution in [3.8, 4) is 0 Å². The van der Waals surface area contributed by atoms with Crippen molar-refractivity contribution < 1.29 is 28.7 Å². The van der Waals surface area contributed by atoms with Crippen molar-refractivity contribution in [2.24, 2.45) is 0 Å². The summed E-state index contributed by atoms with van der Waals surface area (Å²) in [5.74, 6) is -1.68. The van der Waals surface area contributed by atoms with Gasteiger partial charge >= 0.3 is 13.2 Å². The van der Waals surface area contributed by atoms with Crippen LogP contribution < -0.4 is 11.4 Å². The molecule has 2 aliphatic rings. The lowest BCUT2D eigenvalue weighted by atomic mass is 10.2. The van der Waals surface area contributed by atoms with Crippen LogP contribution in [0.15, 0.2) is 17.1 Å². The number of quaternary nitrogens is 1. The third kappa shape index (κ3) is 3.14. The Bertz CT molecular complexity index is 749. The van der Waals surface area contributed by atoms with Crippen molar-refractivity contribution in [2.45, 2.75) is 43.5 Å². The summed E-state index contributed by atoms with van der Waals surface area (Å²) < 4.78 is 19.5. The highest BCUT2D eigenvalue weighted by molar-refractivity contribution is 7.52. The molecule has 2 aliphatic heterocycles. The fourth-order valence-corrected chi connectivity index (χ4v) is 5.62. The lowest BCUT2D eigenvalue weighted by Gasteiger charge is -2.37. The van der Waals surface area contributed by atoms with Crippen LogP contribution in [0.3, 0.4) is 0 Å². The average molecular weight is 375 g/mol. The maximum atomic E-state index is 12.9. The molecular formula is C14H24N4O6P+. The summed E-state index contributed by atoms with van der Waals surface area (Å²) in [6.07, 6.45) is -0.353. The van der Waals surface area contributed by atoms with Gasteiger partial charge in [0.05, 0.1) is 26.2 Å². The van der Waals surface area contributed by atoms with Crippen LogP contribution in [-0.4, -0.2) is 67.1 Å². The van der Waals surface area contributed by atoms with Gasteiger partial charge in [-0.2, -0.15) is 4.98 Å². The summed E-state index contributed by atoms with van der Waals surface area (Å²) in [6, 6.07) is 1.41. The van der Waals surface area contributed by atoms with Gasteiger partial charge in [-0.05, 0) is 6.07 Å². The minimum Gasteiger partial charge on any atom is -0.390 e. The minimum atomic E-state index is -4.08. The molecule has 0 aliphatic carbocycles. The highest BCUT2D eigenvalue weighted by Crippen LogP contribution is 2.58. The second-order valence-electron chi connectivity index (χ2n) is 6.90. The largest absolute Gasteiger partial charge is 0.410 e. The van der Waals surface area contributed by atoms with E-state index in [9.17, 15) is 24.5 Å². The van der Waals surface area contributed by atoms with E-state index in [4.69, 9.17) is 10.5 Å². The van der Waals surface area contributed by atoms with Gasteiger partial charge in [-0.25, -0.2) is 9.36 Å². The molecule has 1 aromatic heterocycles. The lowest BCUT2D eigenvalue weighted by Crippen LogP contribution is -2.46. The van der Waals surface area contributed by atoms with Crippen LogP contribution in [0.1, 0.15) is 25.5 Å². The molecule has 2 unspecified atom stereocenters. The number of aliphatic hydroxyl groups is 2. The van der Waals surface area contributed by atoms with Crippen molar-refractivity contribution in [2.75, 3.05) is 25.9 Å². The molecule has 2 saturated heterocycles. The molecule has 0 bridgehead atoms. The molecular weight excluding hydrogens is 351 g/mol. The number of nitrogen functional groups attached to an aromatic ring is 1. The first-order chi connectivity index (χ1) is 11.7. The molecule has 0 aromatic carbocycles. The van der Waals surface area contributed by atoms with E-state index in [0.29, 0.717) is 13.1 Å². The fourth-order valence-electron chi connectivity index (χ4n) is 3.54. The van der Waals surface area contributed by atoms with Crippen molar-refractivity contribution in [3.63, 3.8) is 0 Å². The van der Waals surface area contributed by atoms with Crippen LogP contribution in [0.25, 0.3) is 0 Å². The number of hydrogen-bond acceptors (Lipinski definition) is 7. The van der Waals surface area contributed by atoms with E-state index >= 15 is 0 Å². The maximum Gasteiger partial charge on any atom is 0.410 e. The number of aliphatic hydroxyl groups excluding tert-OH is 2. The SMILES string of the molecule is C[N+]1(P(=O)(O)C(O)[C@H]2O[C@@H](n3ccc(N)nc3=O)C[C@@H]2O)CCCC1. The van der Waals surface area contributed by atoms with E-state index in [-0.39, 0.29) is 16.5 Å². The number of anilines is 1. The van der Waals surface area contributed by atoms with Gasteiger partial charge in [-0.3, -0.25) is 13.7 Å². The number of aromatic nitrogens is 2. The van der Waals surface area contributed by atoms with E-state index in [0.717, 1.165) is 17.4 Å². The monoisotopic (exact) mass is 375 g/mol. The Hall–Kier alpha value is -1.29. The normalized spacial score (nSPS) is 32.4. The summed E-state index contributed by atoms with van der Waals surface area (Å²) in [5, 5.41) is 20.8. The summed E-state index contributed by atoms with van der Waals surface area (Å²) in [6.45, 7) is 0.969. The second-order valence-corrected chi connectivity index (χ2v) is 9.57. The van der Waals surface area contributed by atoms with Crippen LogP contribution >= 0.6 is 7.52 Å². The third-order valence-electron chi connectivity index (χ3n) is 5.16. The molecule has 5 atom stereocenters. The van der Waals surface area contributed by atoms with Gasteiger partial charge in [0.1, 0.15) is 18.1 Å². The predicted octanol–water partition coefficient (Wildman–Crippen LogP) is -0.782. The molecule has 5 N–H and O–H groups in total. The average Bonchev–Trinajstić information content (AvgIpc) is 3.14. The zero-order chi connectivity index (χ0) is 18.4. The number of hydrogen-bond donors (Lipinski definition) is 4. The molecule has 0 spiro atoms. The van der Waals surface area contributed by atoms with E-state index < -0.39 is 37.5 Å². The standard InChI is InChI=1S/C14H23N4O6P/c1-18(6-2-3-7-18)25(22,23)13(20)12-9(19)8-11(24-12)17-5-4-10(15)16-14(17)21/h4-5,9,11-13,19-20H,2-3,6-8H2,1H3,(H2-,15,16,21,22,23)/p+1/t9-,11+,12-,13?/m0/s1. The molecule has 10 nitrogen and oxygen atoms in total. The predicted molar refractivity (Wildman–Crippen MR) is 88.4 cm³/mol. The van der Waals surface area contributed by atoms with Gasteiger partial charge in [0.25, 0.3) is 0 Å². The van der Waals surface area contributed by atoms with Crippen molar-refractivity contribution in [1.29, 1.82) is 0 Å². The second kappa shape index (κ2) is 6.46. The van der Waals surface area contributed by atoms with Gasteiger partial charge in [-0.1, -0.05) is 0 Å². The smallest absolute Gasteiger partial charge is 0.390 e. The summed E-state index contributed by atoms with van der Waals surface area (Å²) >= 11 is 0. The third-order valence-corrected chi connectivity index (χ3v) is 7.93. The fraction of sp³-hybridized carbons (Fsp3) is 0.714. The Labute approximate surface area is 144 Å². The van der Waals surface area contributed by atoms with Gasteiger partial charge in [0, 0.05) is 25.5 Å². The van der Waals surface area contributed by atoms with Crippen molar-refractivity contribution in [1.82, 2.24) is 9.55 Å². The van der Waals surface area contributed by atoms with Crippen LogP contribution in [0.2, 0.25) is 0 Å². The van der Waals surface area contributed by atoms with Crippen molar-refractivity contribution >= 4 is 13.3 Å². The summed E-state index contributed by atoms with van der Waals surface area (Å²) in [7, 11) is -2.45. The first kappa shape index (κ1) is 18.5.